The summed E-state index contributed by atoms with van der Waals surface area (Å²) in [5.74, 6) is 0.982. The molecule has 0 saturated carbocycles. The molecule has 0 aromatic carbocycles. The average molecular weight is 387 g/mol. The van der Waals surface area contributed by atoms with E-state index in [9.17, 15) is 13.2 Å². The summed E-state index contributed by atoms with van der Waals surface area (Å²) in [5, 5.41) is 7.16. The molecule has 1 atom stereocenters. The van der Waals surface area contributed by atoms with Crippen LogP contribution in [0.1, 0.15) is 49.6 Å². The molecule has 140 valence electrons. The molecule has 0 aliphatic carbocycles. The zero-order valence-electron chi connectivity index (χ0n) is 14.8. The minimum atomic E-state index is -2.85. The van der Waals surface area contributed by atoms with Gasteiger partial charge in [-0.1, -0.05) is 18.3 Å². The number of nitrogens with one attached hydrogen (secondary N) is 1. The first-order chi connectivity index (χ1) is 11.9. The Morgan fingerprint density at radius 1 is 1.32 bits per heavy atom. The predicted octanol–water partition coefficient (Wildman–Crippen LogP) is 1.18. The molecule has 1 N–H and O–H groups in total. The Bertz CT molecular complexity index is 709. The lowest BCUT2D eigenvalue weighted by Crippen LogP contribution is -2.45. The number of amides is 1. The molecule has 7 nitrogen and oxygen atoms in total. The molecule has 3 rings (SSSR count). The zero-order valence-corrected chi connectivity index (χ0v) is 16.4. The standard InChI is InChI=1S/C16H26N4O3S2/c1-11(2)15-14(24-19-18-15)9-17-16(21)12-3-6-20(7-4-12)13-5-8-25(22,23)10-13/h11-13H,3-10H2,1-2H3,(H,17,21)/t13-/m1/s1. The van der Waals surface area contributed by atoms with Gasteiger partial charge in [-0.05, 0) is 49.8 Å². The van der Waals surface area contributed by atoms with E-state index in [1.54, 1.807) is 0 Å². The van der Waals surface area contributed by atoms with Gasteiger partial charge in [0.25, 0.3) is 0 Å². The van der Waals surface area contributed by atoms with Gasteiger partial charge in [-0.3, -0.25) is 9.69 Å². The number of carbonyl (C=O) groups excluding carboxylic acids is 1. The van der Waals surface area contributed by atoms with Crippen molar-refractivity contribution in [1.82, 2.24) is 19.8 Å². The van der Waals surface area contributed by atoms with E-state index in [2.05, 4.69) is 33.7 Å². The third-order valence-electron chi connectivity index (χ3n) is 5.18. The van der Waals surface area contributed by atoms with Crippen molar-refractivity contribution in [2.75, 3.05) is 24.6 Å². The Kier molecular flexibility index (Phi) is 5.75. The molecule has 0 bridgehead atoms. The topological polar surface area (TPSA) is 92.3 Å². The molecule has 0 radical (unpaired) electrons. The van der Waals surface area contributed by atoms with Crippen LogP contribution < -0.4 is 5.32 Å². The molecular formula is C16H26N4O3S2. The lowest BCUT2D eigenvalue weighted by molar-refractivity contribution is -0.126. The Balaban J connectivity index is 1.46. The number of rotatable bonds is 5. The van der Waals surface area contributed by atoms with Crippen molar-refractivity contribution < 1.29 is 13.2 Å². The smallest absolute Gasteiger partial charge is 0.223 e. The maximum absolute atomic E-state index is 12.4. The molecule has 9 heteroatoms. The second kappa shape index (κ2) is 7.67. The largest absolute Gasteiger partial charge is 0.351 e. The maximum Gasteiger partial charge on any atom is 0.223 e. The van der Waals surface area contributed by atoms with Gasteiger partial charge in [0.2, 0.25) is 5.91 Å². The van der Waals surface area contributed by atoms with E-state index in [0.717, 1.165) is 42.9 Å². The van der Waals surface area contributed by atoms with Crippen LogP contribution in [0.25, 0.3) is 0 Å². The summed E-state index contributed by atoms with van der Waals surface area (Å²) in [5.41, 5.74) is 0.961. The summed E-state index contributed by atoms with van der Waals surface area (Å²) in [7, 11) is -2.85. The van der Waals surface area contributed by atoms with Gasteiger partial charge in [0.05, 0.1) is 28.6 Å². The molecule has 2 saturated heterocycles. The van der Waals surface area contributed by atoms with Gasteiger partial charge in [0, 0.05) is 12.0 Å². The normalized spacial score (nSPS) is 24.7. The highest BCUT2D eigenvalue weighted by molar-refractivity contribution is 7.91. The molecule has 1 aromatic rings. The van der Waals surface area contributed by atoms with E-state index < -0.39 is 9.84 Å². The van der Waals surface area contributed by atoms with Crippen LogP contribution in [0, 0.1) is 5.92 Å². The Labute approximate surface area is 153 Å². The monoisotopic (exact) mass is 386 g/mol. The van der Waals surface area contributed by atoms with Crippen molar-refractivity contribution in [1.29, 1.82) is 0 Å². The lowest BCUT2D eigenvalue weighted by atomic mass is 9.94. The molecule has 3 heterocycles. The minimum absolute atomic E-state index is 0.0117. The van der Waals surface area contributed by atoms with Gasteiger partial charge in [-0.15, -0.1) is 5.10 Å². The van der Waals surface area contributed by atoms with E-state index in [4.69, 9.17) is 0 Å². The highest BCUT2D eigenvalue weighted by Crippen LogP contribution is 2.25. The number of likely N-dealkylation sites (tertiary alicyclic amines) is 1. The number of piperidine rings is 1. The first kappa shape index (κ1) is 18.7. The third kappa shape index (κ3) is 4.57. The van der Waals surface area contributed by atoms with Crippen molar-refractivity contribution >= 4 is 27.3 Å². The van der Waals surface area contributed by atoms with Gasteiger partial charge in [0.15, 0.2) is 9.84 Å². The highest BCUT2D eigenvalue weighted by Gasteiger charge is 2.35. The van der Waals surface area contributed by atoms with Crippen LogP contribution in [0.5, 0.6) is 0 Å². The third-order valence-corrected chi connectivity index (χ3v) is 7.67. The average Bonchev–Trinajstić information content (AvgIpc) is 3.19. The van der Waals surface area contributed by atoms with Gasteiger partial charge in [-0.25, -0.2) is 8.42 Å². The predicted molar refractivity (Wildman–Crippen MR) is 97.2 cm³/mol. The summed E-state index contributed by atoms with van der Waals surface area (Å²) in [6, 6.07) is 0.144. The van der Waals surface area contributed by atoms with Crippen LogP contribution in [0.2, 0.25) is 0 Å². The van der Waals surface area contributed by atoms with E-state index in [1.807, 2.05) is 0 Å². The second-order valence-corrected chi connectivity index (χ2v) is 10.4. The molecule has 2 fully saturated rings. The van der Waals surface area contributed by atoms with Gasteiger partial charge in [-0.2, -0.15) is 0 Å². The van der Waals surface area contributed by atoms with Crippen LogP contribution >= 0.6 is 11.5 Å². The quantitative estimate of drug-likeness (QED) is 0.817. The van der Waals surface area contributed by atoms with Gasteiger partial charge in [0.1, 0.15) is 0 Å². The Morgan fingerprint density at radius 2 is 2.04 bits per heavy atom. The Morgan fingerprint density at radius 3 is 2.64 bits per heavy atom. The summed E-state index contributed by atoms with van der Waals surface area (Å²) in [4.78, 5) is 15.7. The highest BCUT2D eigenvalue weighted by atomic mass is 32.2. The van der Waals surface area contributed by atoms with Crippen LogP contribution in [-0.2, 0) is 21.2 Å². The Hall–Kier alpha value is -1.06. The summed E-state index contributed by atoms with van der Waals surface area (Å²) >= 11 is 1.34. The first-order valence-corrected chi connectivity index (χ1v) is 11.5. The SMILES string of the molecule is CC(C)c1nnsc1CNC(=O)C1CCN([C@@H]2CCS(=O)(=O)C2)CC1. The van der Waals surface area contributed by atoms with Crippen molar-refractivity contribution in [2.45, 2.75) is 51.6 Å². The molecule has 25 heavy (non-hydrogen) atoms. The fourth-order valence-corrected chi connectivity index (χ4v) is 6.17. The van der Waals surface area contributed by atoms with Gasteiger partial charge < -0.3 is 5.32 Å². The van der Waals surface area contributed by atoms with E-state index in [1.165, 1.54) is 11.5 Å². The van der Waals surface area contributed by atoms with Crippen LogP contribution in [0.4, 0.5) is 0 Å². The maximum atomic E-state index is 12.4. The van der Waals surface area contributed by atoms with E-state index in [-0.39, 0.29) is 23.6 Å². The number of hydrogen-bond donors (Lipinski definition) is 1. The molecule has 2 aliphatic rings. The first-order valence-electron chi connectivity index (χ1n) is 8.89. The van der Waals surface area contributed by atoms with Crippen molar-refractivity contribution in [3.8, 4) is 0 Å². The lowest BCUT2D eigenvalue weighted by Gasteiger charge is -2.34. The fourth-order valence-electron chi connectivity index (χ4n) is 3.68. The van der Waals surface area contributed by atoms with Crippen molar-refractivity contribution in [3.63, 3.8) is 0 Å². The summed E-state index contributed by atoms with van der Waals surface area (Å²) in [6.45, 7) is 6.24. The molecule has 0 spiro atoms. The fraction of sp³-hybridized carbons (Fsp3) is 0.812. The summed E-state index contributed by atoms with van der Waals surface area (Å²) < 4.78 is 27.2. The second-order valence-electron chi connectivity index (χ2n) is 7.32. The van der Waals surface area contributed by atoms with Crippen LogP contribution in [-0.4, -0.2) is 59.4 Å². The van der Waals surface area contributed by atoms with Crippen LogP contribution in [0.15, 0.2) is 0 Å². The van der Waals surface area contributed by atoms with Crippen molar-refractivity contribution in [2.24, 2.45) is 5.92 Å². The molecule has 0 unspecified atom stereocenters. The van der Waals surface area contributed by atoms with Crippen LogP contribution in [0.3, 0.4) is 0 Å². The molecule has 1 amide bonds. The number of sulfone groups is 1. The van der Waals surface area contributed by atoms with Crippen molar-refractivity contribution in [3.05, 3.63) is 10.6 Å². The zero-order chi connectivity index (χ0) is 18.0. The number of hydrogen-bond acceptors (Lipinski definition) is 7. The van der Waals surface area contributed by atoms with E-state index >= 15 is 0 Å². The minimum Gasteiger partial charge on any atom is -0.351 e. The molecular weight excluding hydrogens is 360 g/mol. The number of aromatic nitrogens is 2. The summed E-state index contributed by atoms with van der Waals surface area (Å²) in [6.07, 6.45) is 2.32. The number of carbonyl (C=O) groups is 1. The molecule has 2 aliphatic heterocycles. The van der Waals surface area contributed by atoms with E-state index in [0.29, 0.717) is 18.2 Å². The molecule has 1 aromatic heterocycles. The van der Waals surface area contributed by atoms with Gasteiger partial charge >= 0.3 is 0 Å². The number of nitrogens with zero attached hydrogens (tertiary/aromatic N) is 3.